The third-order valence-electron chi connectivity index (χ3n) is 0. The van der Waals surface area contributed by atoms with Crippen LogP contribution in [0.5, 0.6) is 0 Å². The van der Waals surface area contributed by atoms with Gasteiger partial charge in [0.1, 0.15) is 5.78 Å². The Morgan fingerprint density at radius 2 is 1.12 bits per heavy atom. The van der Waals surface area contributed by atoms with Crippen LogP contribution in [-0.2, 0) is 25.9 Å². The Bertz CT molecular complexity index is 68.4. The van der Waals surface area contributed by atoms with E-state index in [9.17, 15) is 9.59 Å². The van der Waals surface area contributed by atoms with E-state index in [-0.39, 0.29) is 10.4 Å². The summed E-state index contributed by atoms with van der Waals surface area (Å²) in [6, 6.07) is 0. The molecule has 0 rings (SSSR count). The van der Waals surface area contributed by atoms with Gasteiger partial charge < -0.3 is 4.79 Å². The average molecular weight is 153 g/mol. The third kappa shape index (κ3) is 8570. The van der Waals surface area contributed by atoms with Crippen molar-refractivity contribution in [3.05, 3.63) is 0 Å². The van der Waals surface area contributed by atoms with Crippen LogP contribution in [0.1, 0.15) is 20.8 Å². The zero-order valence-electron chi connectivity index (χ0n) is 5.22. The van der Waals surface area contributed by atoms with E-state index in [4.69, 9.17) is 0 Å². The zero-order chi connectivity index (χ0) is 7.15. The Labute approximate surface area is 57.7 Å². The molecule has 0 atom stereocenters. The van der Waals surface area contributed by atoms with E-state index in [2.05, 4.69) is 16.3 Å². The second-order valence-corrected chi connectivity index (χ2v) is 2.30. The summed E-state index contributed by atoms with van der Waals surface area (Å²) in [5, 5.41) is 0. The first-order valence-corrected chi connectivity index (χ1v) is 2.75. The summed E-state index contributed by atoms with van der Waals surface area (Å²) < 4.78 is 0.0417. The molecular weight excluding hydrogens is 144 g/mol. The minimum absolute atomic E-state index is 0.0417. The molecule has 0 bridgehead atoms. The number of ketones is 1. The van der Waals surface area contributed by atoms with E-state index < -0.39 is 0 Å². The first-order valence-electron chi connectivity index (χ1n) is 2.11. The Balaban J connectivity index is 0. The predicted molar refractivity (Wildman–Crippen MR) is 27.0 cm³/mol. The summed E-state index contributed by atoms with van der Waals surface area (Å²) in [6.07, 6.45) is 0. The van der Waals surface area contributed by atoms with Crippen LogP contribution in [0.25, 0.3) is 0 Å². The van der Waals surface area contributed by atoms with Gasteiger partial charge in [0, 0.05) is 0 Å². The molecule has 0 spiro atoms. The molecule has 0 aliphatic carbocycles. The quantitative estimate of drug-likeness (QED) is 0.512. The van der Waals surface area contributed by atoms with Crippen LogP contribution in [0.2, 0.25) is 0 Å². The molecule has 2 nitrogen and oxygen atoms in total. The van der Waals surface area contributed by atoms with E-state index in [1.54, 1.807) is 0 Å². The van der Waals surface area contributed by atoms with E-state index in [0.717, 1.165) is 0 Å². The van der Waals surface area contributed by atoms with Crippen molar-refractivity contribution in [2.75, 3.05) is 0 Å². The summed E-state index contributed by atoms with van der Waals surface area (Å²) >= 11 is 2.26. The van der Waals surface area contributed by atoms with Gasteiger partial charge in [0.15, 0.2) is 0 Å². The van der Waals surface area contributed by atoms with Crippen molar-refractivity contribution < 1.29 is 25.9 Å². The average Bonchev–Trinajstić information content (AvgIpc) is 1.25. The van der Waals surface area contributed by atoms with Gasteiger partial charge in [-0.05, 0) is 13.8 Å². The van der Waals surface area contributed by atoms with Crippen molar-refractivity contribution in [2.45, 2.75) is 20.8 Å². The van der Waals surface area contributed by atoms with Gasteiger partial charge in [0.05, 0.1) is 0 Å². The Morgan fingerprint density at radius 1 is 1.12 bits per heavy atom. The standard InChI is InChI=1S/C3H6O.C2H3O.Cr/c1-3(2)4;1-2-3;/h1-2H3;1H3;. The van der Waals surface area contributed by atoms with Crippen molar-refractivity contribution in [3.63, 3.8) is 0 Å². The Kier molecular flexibility index (Phi) is 9.26. The normalized spacial score (nSPS) is 6.38. The van der Waals surface area contributed by atoms with Crippen LogP contribution in [0.3, 0.4) is 0 Å². The summed E-state index contributed by atoms with van der Waals surface area (Å²) in [7, 11) is 0. The molecule has 0 aromatic rings. The van der Waals surface area contributed by atoms with Crippen molar-refractivity contribution in [1.82, 2.24) is 0 Å². The fraction of sp³-hybridized carbons (Fsp3) is 0.600. The van der Waals surface area contributed by atoms with Gasteiger partial charge in [0.25, 0.3) is 0 Å². The SMILES string of the molecule is CC(C)=O.C[C](=O)[Cr]. The monoisotopic (exact) mass is 153 g/mol. The van der Waals surface area contributed by atoms with Gasteiger partial charge in [-0.15, -0.1) is 0 Å². The maximum atomic E-state index is 9.44. The van der Waals surface area contributed by atoms with E-state index in [1.165, 1.54) is 20.8 Å². The van der Waals surface area contributed by atoms with Gasteiger partial charge in [-0.2, -0.15) is 0 Å². The van der Waals surface area contributed by atoms with Crippen LogP contribution in [0, 0.1) is 0 Å². The molecule has 0 aromatic carbocycles. The fourth-order valence-corrected chi connectivity index (χ4v) is 0. The molecule has 0 aliphatic heterocycles. The van der Waals surface area contributed by atoms with Crippen molar-refractivity contribution in [2.24, 2.45) is 0 Å². The fourth-order valence-electron chi connectivity index (χ4n) is 0. The van der Waals surface area contributed by atoms with Gasteiger partial charge in [0.2, 0.25) is 0 Å². The molecule has 0 unspecified atom stereocenters. The number of carbonyl (C=O) groups is 2. The molecule has 0 radical (unpaired) electrons. The summed E-state index contributed by atoms with van der Waals surface area (Å²) in [4.78, 5) is 18.8. The number of Topliss-reactive ketones (excluding diaryl/α,β-unsaturated/α-hetero) is 1. The van der Waals surface area contributed by atoms with Crippen molar-refractivity contribution in [3.8, 4) is 0 Å². The molecule has 0 heterocycles. The number of rotatable bonds is 0. The third-order valence-corrected chi connectivity index (χ3v) is 0. The van der Waals surface area contributed by atoms with Crippen LogP contribution < -0.4 is 0 Å². The number of hydrogen-bond donors (Lipinski definition) is 0. The summed E-state index contributed by atoms with van der Waals surface area (Å²) in [5.74, 6) is 0.167. The van der Waals surface area contributed by atoms with Crippen LogP contribution in [0.4, 0.5) is 0 Å². The van der Waals surface area contributed by atoms with E-state index in [0.29, 0.717) is 0 Å². The molecular formula is C5H9CrO2. The molecule has 0 N–H and O–H groups in total. The van der Waals surface area contributed by atoms with Gasteiger partial charge in [-0.1, -0.05) is 0 Å². The Morgan fingerprint density at radius 3 is 1.12 bits per heavy atom. The van der Waals surface area contributed by atoms with Crippen molar-refractivity contribution in [1.29, 1.82) is 0 Å². The number of hydrogen-bond acceptors (Lipinski definition) is 2. The molecule has 47 valence electrons. The number of carbonyl (C=O) groups excluding carboxylic acids is 2. The van der Waals surface area contributed by atoms with Gasteiger partial charge in [-0.3, -0.25) is 0 Å². The molecule has 8 heavy (non-hydrogen) atoms. The van der Waals surface area contributed by atoms with Crippen LogP contribution in [0.15, 0.2) is 0 Å². The van der Waals surface area contributed by atoms with Crippen LogP contribution in [-0.4, -0.2) is 10.4 Å². The summed E-state index contributed by atoms with van der Waals surface area (Å²) in [6.45, 7) is 4.53. The van der Waals surface area contributed by atoms with Crippen molar-refractivity contribution >= 4 is 10.4 Å². The summed E-state index contributed by atoms with van der Waals surface area (Å²) in [5.41, 5.74) is 0. The zero-order valence-corrected chi connectivity index (χ0v) is 6.50. The van der Waals surface area contributed by atoms with E-state index >= 15 is 0 Å². The molecule has 0 aliphatic rings. The molecule has 0 aromatic heterocycles. The first-order chi connectivity index (χ1) is 3.46. The second kappa shape index (κ2) is 6.87. The Hall–Kier alpha value is -0.128. The molecule has 0 fully saturated rings. The van der Waals surface area contributed by atoms with Crippen LogP contribution >= 0.6 is 0 Å². The van der Waals surface area contributed by atoms with Gasteiger partial charge >= 0.3 is 32.7 Å². The predicted octanol–water partition coefficient (Wildman–Crippen LogP) is 0.675. The minimum atomic E-state index is 0.0417. The van der Waals surface area contributed by atoms with E-state index in [1.807, 2.05) is 0 Å². The topological polar surface area (TPSA) is 34.1 Å². The molecule has 3 heteroatoms. The molecule has 0 saturated carbocycles. The van der Waals surface area contributed by atoms with Gasteiger partial charge in [-0.25, -0.2) is 0 Å². The molecule has 0 saturated heterocycles. The second-order valence-electron chi connectivity index (χ2n) is 1.40. The first kappa shape index (κ1) is 10.8. The maximum absolute atomic E-state index is 9.44. The molecule has 0 amide bonds.